The highest BCUT2D eigenvalue weighted by Gasteiger charge is 2.54. The van der Waals surface area contributed by atoms with Crippen LogP contribution in [-0.2, 0) is 28.5 Å². The van der Waals surface area contributed by atoms with Crippen molar-refractivity contribution in [1.29, 1.82) is 0 Å². The summed E-state index contributed by atoms with van der Waals surface area (Å²) in [7, 11) is 2.40. The first-order chi connectivity index (χ1) is 7.38. The van der Waals surface area contributed by atoms with Crippen LogP contribution >= 0.6 is 0 Å². The van der Waals surface area contributed by atoms with Gasteiger partial charge in [-0.1, -0.05) is 0 Å². The normalized spacial score (nSPS) is 22.2. The largest absolute Gasteiger partial charge is 0.468 e. The number of rotatable bonds is 2. The van der Waals surface area contributed by atoms with E-state index in [4.69, 9.17) is 9.47 Å². The Morgan fingerprint density at radius 2 is 1.38 bits per heavy atom. The Hall–Kier alpha value is -1.14. The van der Waals surface area contributed by atoms with Crippen molar-refractivity contribution in [2.24, 2.45) is 5.41 Å². The molecule has 92 valence electrons. The van der Waals surface area contributed by atoms with Crippen molar-refractivity contribution in [3.63, 3.8) is 0 Å². The van der Waals surface area contributed by atoms with E-state index < -0.39 is 23.1 Å². The molecule has 0 spiro atoms. The molecule has 0 aromatic heterocycles. The van der Waals surface area contributed by atoms with Crippen LogP contribution in [0.5, 0.6) is 0 Å². The van der Waals surface area contributed by atoms with E-state index in [0.29, 0.717) is 0 Å². The Bertz CT molecular complexity index is 268. The van der Waals surface area contributed by atoms with Crippen molar-refractivity contribution in [1.82, 2.24) is 0 Å². The summed E-state index contributed by atoms with van der Waals surface area (Å²) in [4.78, 5) is 23.2. The minimum absolute atomic E-state index is 0.112. The highest BCUT2D eigenvalue weighted by molar-refractivity contribution is 6.00. The fourth-order valence-corrected chi connectivity index (χ4v) is 1.39. The highest BCUT2D eigenvalue weighted by Crippen LogP contribution is 2.32. The number of esters is 2. The van der Waals surface area contributed by atoms with Gasteiger partial charge in [-0.25, -0.2) is 0 Å². The van der Waals surface area contributed by atoms with E-state index in [0.717, 1.165) is 0 Å². The van der Waals surface area contributed by atoms with Gasteiger partial charge in [-0.15, -0.1) is 0 Å². The molecule has 0 saturated carbocycles. The molecule has 0 aliphatic carbocycles. The molecule has 0 unspecified atom stereocenters. The zero-order chi connectivity index (χ0) is 12.4. The molecule has 0 radical (unpaired) electrons. The van der Waals surface area contributed by atoms with Gasteiger partial charge in [0.1, 0.15) is 0 Å². The fourth-order valence-electron chi connectivity index (χ4n) is 1.39. The molecule has 16 heavy (non-hydrogen) atoms. The second kappa shape index (κ2) is 4.39. The standard InChI is InChI=1S/C10H16O6/c1-9(2)15-5-10(6-16-9,7(11)13-3)8(12)14-4/h5-6H2,1-4H3. The van der Waals surface area contributed by atoms with Crippen LogP contribution in [-0.4, -0.2) is 45.2 Å². The van der Waals surface area contributed by atoms with Crippen LogP contribution in [0, 0.1) is 5.41 Å². The molecule has 1 aliphatic rings. The molecule has 6 heteroatoms. The summed E-state index contributed by atoms with van der Waals surface area (Å²) in [6.07, 6.45) is 0. The van der Waals surface area contributed by atoms with E-state index in [1.165, 1.54) is 14.2 Å². The number of hydrogen-bond acceptors (Lipinski definition) is 6. The maximum atomic E-state index is 11.6. The van der Waals surface area contributed by atoms with Crippen LogP contribution in [0.15, 0.2) is 0 Å². The fraction of sp³-hybridized carbons (Fsp3) is 0.800. The van der Waals surface area contributed by atoms with Gasteiger partial charge in [0.05, 0.1) is 27.4 Å². The Labute approximate surface area is 93.8 Å². The summed E-state index contributed by atoms with van der Waals surface area (Å²) in [5.74, 6) is -2.24. The van der Waals surface area contributed by atoms with Crippen LogP contribution in [0.25, 0.3) is 0 Å². The summed E-state index contributed by atoms with van der Waals surface area (Å²) >= 11 is 0. The maximum absolute atomic E-state index is 11.6. The average Bonchev–Trinajstić information content (AvgIpc) is 2.27. The smallest absolute Gasteiger partial charge is 0.328 e. The van der Waals surface area contributed by atoms with Gasteiger partial charge >= 0.3 is 11.9 Å². The Kier molecular flexibility index (Phi) is 3.54. The Morgan fingerprint density at radius 1 is 1.00 bits per heavy atom. The second-order valence-electron chi connectivity index (χ2n) is 4.04. The van der Waals surface area contributed by atoms with Gasteiger partial charge in [-0.05, 0) is 13.8 Å². The molecule has 1 heterocycles. The van der Waals surface area contributed by atoms with Crippen molar-refractivity contribution in [2.75, 3.05) is 27.4 Å². The molecular weight excluding hydrogens is 216 g/mol. The lowest BCUT2D eigenvalue weighted by Gasteiger charge is -2.39. The molecule has 0 aromatic carbocycles. The molecule has 0 bridgehead atoms. The van der Waals surface area contributed by atoms with Crippen molar-refractivity contribution >= 4 is 11.9 Å². The predicted molar refractivity (Wildman–Crippen MR) is 52.4 cm³/mol. The molecule has 1 saturated heterocycles. The summed E-state index contributed by atoms with van der Waals surface area (Å²) in [6, 6.07) is 0. The van der Waals surface area contributed by atoms with Crippen LogP contribution in [0.1, 0.15) is 13.8 Å². The number of carbonyl (C=O) groups is 2. The van der Waals surface area contributed by atoms with E-state index in [1.807, 2.05) is 0 Å². The summed E-state index contributed by atoms with van der Waals surface area (Å²) in [6.45, 7) is 3.18. The first kappa shape index (κ1) is 12.9. The molecule has 1 rings (SSSR count). The number of methoxy groups -OCH3 is 2. The molecule has 6 nitrogen and oxygen atoms in total. The maximum Gasteiger partial charge on any atom is 0.328 e. The minimum atomic E-state index is -1.51. The highest BCUT2D eigenvalue weighted by atomic mass is 16.7. The first-order valence-corrected chi connectivity index (χ1v) is 4.83. The molecule has 0 N–H and O–H groups in total. The summed E-state index contributed by atoms with van der Waals surface area (Å²) in [5, 5.41) is 0. The molecule has 0 atom stereocenters. The molecular formula is C10H16O6. The van der Waals surface area contributed by atoms with Gasteiger partial charge < -0.3 is 18.9 Å². The van der Waals surface area contributed by atoms with Crippen LogP contribution in [0.2, 0.25) is 0 Å². The Morgan fingerprint density at radius 3 is 1.69 bits per heavy atom. The Balaban J connectivity index is 2.91. The van der Waals surface area contributed by atoms with E-state index in [-0.39, 0.29) is 13.2 Å². The first-order valence-electron chi connectivity index (χ1n) is 4.83. The van der Waals surface area contributed by atoms with Gasteiger partial charge in [0.15, 0.2) is 5.79 Å². The SMILES string of the molecule is COC(=O)C1(C(=O)OC)COC(C)(C)OC1. The monoisotopic (exact) mass is 232 g/mol. The zero-order valence-corrected chi connectivity index (χ0v) is 9.86. The van der Waals surface area contributed by atoms with E-state index in [2.05, 4.69) is 9.47 Å². The van der Waals surface area contributed by atoms with Gasteiger partial charge in [-0.3, -0.25) is 9.59 Å². The van der Waals surface area contributed by atoms with Crippen LogP contribution in [0.4, 0.5) is 0 Å². The van der Waals surface area contributed by atoms with E-state index in [9.17, 15) is 9.59 Å². The molecule has 1 aliphatic heterocycles. The summed E-state index contributed by atoms with van der Waals surface area (Å²) < 4.78 is 19.8. The number of hydrogen-bond donors (Lipinski definition) is 0. The van der Waals surface area contributed by atoms with E-state index >= 15 is 0 Å². The van der Waals surface area contributed by atoms with Crippen LogP contribution < -0.4 is 0 Å². The van der Waals surface area contributed by atoms with Crippen molar-refractivity contribution in [3.05, 3.63) is 0 Å². The molecule has 0 amide bonds. The third-order valence-electron chi connectivity index (χ3n) is 2.48. The minimum Gasteiger partial charge on any atom is -0.468 e. The van der Waals surface area contributed by atoms with Crippen molar-refractivity contribution in [2.45, 2.75) is 19.6 Å². The third kappa shape index (κ3) is 2.17. The van der Waals surface area contributed by atoms with Gasteiger partial charge in [-0.2, -0.15) is 0 Å². The van der Waals surface area contributed by atoms with Gasteiger partial charge in [0, 0.05) is 0 Å². The summed E-state index contributed by atoms with van der Waals surface area (Å²) in [5.41, 5.74) is -1.51. The average molecular weight is 232 g/mol. The van der Waals surface area contributed by atoms with Crippen molar-refractivity contribution in [3.8, 4) is 0 Å². The quantitative estimate of drug-likeness (QED) is 0.497. The van der Waals surface area contributed by atoms with Gasteiger partial charge in [0.25, 0.3) is 0 Å². The molecule has 0 aromatic rings. The zero-order valence-electron chi connectivity index (χ0n) is 9.86. The van der Waals surface area contributed by atoms with E-state index in [1.54, 1.807) is 13.8 Å². The van der Waals surface area contributed by atoms with Crippen molar-refractivity contribution < 1.29 is 28.5 Å². The number of carbonyl (C=O) groups excluding carboxylic acids is 2. The predicted octanol–water partition coefficient (Wildman–Crippen LogP) is 0.102. The van der Waals surface area contributed by atoms with Crippen LogP contribution in [0.3, 0.4) is 0 Å². The lowest BCUT2D eigenvalue weighted by Crippen LogP contribution is -2.55. The third-order valence-corrected chi connectivity index (χ3v) is 2.48. The lowest BCUT2D eigenvalue weighted by molar-refractivity contribution is -0.282. The second-order valence-corrected chi connectivity index (χ2v) is 4.04. The van der Waals surface area contributed by atoms with Gasteiger partial charge in [0.2, 0.25) is 5.41 Å². The topological polar surface area (TPSA) is 71.1 Å². The number of ether oxygens (including phenoxy) is 4. The lowest BCUT2D eigenvalue weighted by atomic mass is 9.89. The molecule has 1 fully saturated rings.